The van der Waals surface area contributed by atoms with Gasteiger partial charge in [0.2, 0.25) is 0 Å². The highest BCUT2D eigenvalue weighted by molar-refractivity contribution is 14.1. The largest absolute Gasteiger partial charge is 0.289 e. The van der Waals surface area contributed by atoms with Crippen LogP contribution in [0.1, 0.15) is 5.56 Å². The number of aryl methyl sites for hydroxylation is 2. The second-order valence-corrected chi connectivity index (χ2v) is 6.31. The Balaban J connectivity index is 2.10. The van der Waals surface area contributed by atoms with Gasteiger partial charge >= 0.3 is 0 Å². The van der Waals surface area contributed by atoms with Gasteiger partial charge in [0.1, 0.15) is 5.65 Å². The zero-order valence-electron chi connectivity index (χ0n) is 11.7. The summed E-state index contributed by atoms with van der Waals surface area (Å²) in [6.45, 7) is 2.10. The molecular formula is C16H13IN4. The summed E-state index contributed by atoms with van der Waals surface area (Å²) >= 11 is 2.36. The van der Waals surface area contributed by atoms with E-state index in [1.807, 2.05) is 24.1 Å². The SMILES string of the molecule is Cc1ccc(-n2c(I)cc3c4c(cnc32)cnn4C)cc1. The molecule has 0 amide bonds. The number of hydrogen-bond donors (Lipinski definition) is 0. The lowest BCUT2D eigenvalue weighted by Crippen LogP contribution is -1.98. The van der Waals surface area contributed by atoms with E-state index in [1.165, 1.54) is 5.56 Å². The molecule has 5 heteroatoms. The number of fused-ring (bicyclic) bond motifs is 3. The van der Waals surface area contributed by atoms with Gasteiger partial charge in [-0.15, -0.1) is 0 Å². The zero-order valence-corrected chi connectivity index (χ0v) is 13.9. The summed E-state index contributed by atoms with van der Waals surface area (Å²) in [5, 5.41) is 6.54. The third kappa shape index (κ3) is 1.87. The van der Waals surface area contributed by atoms with Crippen LogP contribution in [0, 0.1) is 10.6 Å². The summed E-state index contributed by atoms with van der Waals surface area (Å²) in [4.78, 5) is 4.65. The smallest absolute Gasteiger partial charge is 0.147 e. The second kappa shape index (κ2) is 4.56. The average Bonchev–Trinajstić information content (AvgIpc) is 3.00. The first-order valence-electron chi connectivity index (χ1n) is 6.70. The summed E-state index contributed by atoms with van der Waals surface area (Å²) in [7, 11) is 1.97. The first kappa shape index (κ1) is 12.8. The summed E-state index contributed by atoms with van der Waals surface area (Å²) in [5.74, 6) is 0. The molecule has 0 bridgehead atoms. The van der Waals surface area contributed by atoms with Gasteiger partial charge in [-0.05, 0) is 47.7 Å². The third-order valence-corrected chi connectivity index (χ3v) is 4.56. The van der Waals surface area contributed by atoms with Crippen molar-refractivity contribution in [1.29, 1.82) is 0 Å². The Morgan fingerprint density at radius 1 is 1.10 bits per heavy atom. The van der Waals surface area contributed by atoms with Crippen molar-refractivity contribution >= 4 is 44.5 Å². The quantitative estimate of drug-likeness (QED) is 0.465. The number of nitrogens with zero attached hydrogens (tertiary/aromatic N) is 4. The molecule has 0 atom stereocenters. The van der Waals surface area contributed by atoms with Crippen molar-refractivity contribution in [2.45, 2.75) is 6.92 Å². The fourth-order valence-corrected chi connectivity index (χ4v) is 3.54. The number of aromatic nitrogens is 4. The van der Waals surface area contributed by atoms with Crippen LogP contribution in [-0.2, 0) is 7.05 Å². The normalized spacial score (nSPS) is 11.6. The van der Waals surface area contributed by atoms with Crippen molar-refractivity contribution < 1.29 is 0 Å². The fraction of sp³-hybridized carbons (Fsp3) is 0.125. The van der Waals surface area contributed by atoms with Crippen LogP contribution in [0.3, 0.4) is 0 Å². The van der Waals surface area contributed by atoms with Crippen molar-refractivity contribution in [2.24, 2.45) is 7.05 Å². The van der Waals surface area contributed by atoms with Crippen molar-refractivity contribution in [1.82, 2.24) is 19.3 Å². The van der Waals surface area contributed by atoms with E-state index in [2.05, 4.69) is 74.5 Å². The van der Waals surface area contributed by atoms with Gasteiger partial charge < -0.3 is 0 Å². The van der Waals surface area contributed by atoms with Crippen LogP contribution < -0.4 is 0 Å². The highest BCUT2D eigenvalue weighted by Gasteiger charge is 2.14. The van der Waals surface area contributed by atoms with Crippen molar-refractivity contribution in [2.75, 3.05) is 0 Å². The van der Waals surface area contributed by atoms with Gasteiger partial charge in [0.15, 0.2) is 0 Å². The van der Waals surface area contributed by atoms with Crippen LogP contribution in [0.25, 0.3) is 27.6 Å². The van der Waals surface area contributed by atoms with Gasteiger partial charge in [0.05, 0.1) is 15.4 Å². The molecule has 4 aromatic rings. The molecule has 0 spiro atoms. The van der Waals surface area contributed by atoms with Gasteiger partial charge in [0, 0.05) is 29.7 Å². The van der Waals surface area contributed by atoms with E-state index < -0.39 is 0 Å². The highest BCUT2D eigenvalue weighted by atomic mass is 127. The Morgan fingerprint density at radius 2 is 1.86 bits per heavy atom. The van der Waals surface area contributed by atoms with Crippen LogP contribution in [0.2, 0.25) is 0 Å². The molecule has 21 heavy (non-hydrogen) atoms. The topological polar surface area (TPSA) is 35.6 Å². The molecule has 0 aliphatic carbocycles. The molecule has 1 aromatic carbocycles. The van der Waals surface area contributed by atoms with Gasteiger partial charge in [0.25, 0.3) is 0 Å². The van der Waals surface area contributed by atoms with Crippen LogP contribution in [0.5, 0.6) is 0 Å². The average molecular weight is 388 g/mol. The first-order valence-corrected chi connectivity index (χ1v) is 7.78. The summed E-state index contributed by atoms with van der Waals surface area (Å²) in [5.41, 5.74) is 4.49. The number of halogens is 1. The molecule has 0 saturated heterocycles. The van der Waals surface area contributed by atoms with E-state index in [1.54, 1.807) is 0 Å². The maximum absolute atomic E-state index is 4.65. The molecular weight excluding hydrogens is 375 g/mol. The monoisotopic (exact) mass is 388 g/mol. The molecule has 0 fully saturated rings. The lowest BCUT2D eigenvalue weighted by Gasteiger charge is -2.07. The van der Waals surface area contributed by atoms with E-state index in [-0.39, 0.29) is 0 Å². The molecule has 0 unspecified atom stereocenters. The number of benzene rings is 1. The van der Waals surface area contributed by atoms with Gasteiger partial charge in [-0.25, -0.2) is 4.98 Å². The lowest BCUT2D eigenvalue weighted by atomic mass is 10.2. The molecule has 4 rings (SSSR count). The third-order valence-electron chi connectivity index (χ3n) is 3.77. The molecule has 0 aliphatic heterocycles. The van der Waals surface area contributed by atoms with E-state index in [0.29, 0.717) is 0 Å². The van der Waals surface area contributed by atoms with E-state index in [9.17, 15) is 0 Å². The minimum Gasteiger partial charge on any atom is -0.289 e. The van der Waals surface area contributed by atoms with Gasteiger partial charge in [-0.2, -0.15) is 5.10 Å². The minimum absolute atomic E-state index is 0.972. The number of rotatable bonds is 1. The maximum atomic E-state index is 4.65. The van der Waals surface area contributed by atoms with Crippen LogP contribution in [0.15, 0.2) is 42.7 Å². The summed E-state index contributed by atoms with van der Waals surface area (Å²) in [6, 6.07) is 10.7. The molecule has 3 heterocycles. The highest BCUT2D eigenvalue weighted by Crippen LogP contribution is 2.29. The Hall–Kier alpha value is -1.89. The molecule has 0 radical (unpaired) electrons. The Kier molecular flexibility index (Phi) is 2.78. The standard InChI is InChI=1S/C16H13IN4/c1-10-3-5-12(6-4-10)21-14(17)7-13-15-11(8-18-16(13)21)9-19-20(15)2/h3-9H,1-2H3. The predicted molar refractivity (Wildman–Crippen MR) is 92.8 cm³/mol. The first-order chi connectivity index (χ1) is 10.1. The van der Waals surface area contributed by atoms with E-state index in [4.69, 9.17) is 0 Å². The predicted octanol–water partition coefficient (Wildman–Crippen LogP) is 3.83. The molecule has 4 nitrogen and oxygen atoms in total. The zero-order chi connectivity index (χ0) is 14.6. The van der Waals surface area contributed by atoms with Crippen molar-refractivity contribution in [3.8, 4) is 5.69 Å². The van der Waals surface area contributed by atoms with Crippen LogP contribution in [0.4, 0.5) is 0 Å². The maximum Gasteiger partial charge on any atom is 0.147 e. The summed E-state index contributed by atoms with van der Waals surface area (Å²) < 4.78 is 5.24. The fourth-order valence-electron chi connectivity index (χ4n) is 2.72. The van der Waals surface area contributed by atoms with Gasteiger partial charge in [-0.1, -0.05) is 17.7 Å². The molecule has 0 saturated carbocycles. The van der Waals surface area contributed by atoms with Crippen molar-refractivity contribution in [3.05, 3.63) is 52.0 Å². The lowest BCUT2D eigenvalue weighted by molar-refractivity contribution is 0.799. The van der Waals surface area contributed by atoms with Crippen molar-refractivity contribution in [3.63, 3.8) is 0 Å². The molecule has 3 aromatic heterocycles. The Morgan fingerprint density at radius 3 is 2.62 bits per heavy atom. The number of pyridine rings is 1. The molecule has 0 N–H and O–H groups in total. The molecule has 104 valence electrons. The Labute approximate surface area is 135 Å². The minimum atomic E-state index is 0.972. The van der Waals surface area contributed by atoms with Crippen LogP contribution in [-0.4, -0.2) is 19.3 Å². The molecule has 0 aliphatic rings. The van der Waals surface area contributed by atoms with E-state index >= 15 is 0 Å². The number of hydrogen-bond acceptors (Lipinski definition) is 2. The van der Waals surface area contributed by atoms with E-state index in [0.717, 1.165) is 31.3 Å². The second-order valence-electron chi connectivity index (χ2n) is 5.21. The van der Waals surface area contributed by atoms with Gasteiger partial charge in [-0.3, -0.25) is 9.25 Å². The Bertz CT molecular complexity index is 963. The van der Waals surface area contributed by atoms with Crippen LogP contribution >= 0.6 is 22.6 Å². The summed E-state index contributed by atoms with van der Waals surface area (Å²) in [6.07, 6.45) is 3.75.